The van der Waals surface area contributed by atoms with Crippen LogP contribution in [0, 0.1) is 12.8 Å². The first-order valence-electron chi connectivity index (χ1n) is 8.98. The molecule has 0 saturated carbocycles. The Morgan fingerprint density at radius 3 is 2.38 bits per heavy atom. The van der Waals surface area contributed by atoms with E-state index in [1.807, 2.05) is 38.2 Å². The van der Waals surface area contributed by atoms with Gasteiger partial charge >= 0.3 is 0 Å². The van der Waals surface area contributed by atoms with Gasteiger partial charge in [0.15, 0.2) is 0 Å². The van der Waals surface area contributed by atoms with Crippen LogP contribution in [0.3, 0.4) is 0 Å². The van der Waals surface area contributed by atoms with Crippen molar-refractivity contribution in [1.29, 1.82) is 0 Å². The van der Waals surface area contributed by atoms with E-state index in [9.17, 15) is 8.42 Å². The summed E-state index contributed by atoms with van der Waals surface area (Å²) in [6, 6.07) is 14.4. The fraction of sp³-hybridized carbons (Fsp3) is 0.400. The average Bonchev–Trinajstić information content (AvgIpc) is 2.63. The van der Waals surface area contributed by atoms with E-state index < -0.39 is 10.0 Å². The largest absolute Gasteiger partial charge is 0.457 e. The Labute approximate surface area is 156 Å². The van der Waals surface area contributed by atoms with Crippen LogP contribution in [0.1, 0.15) is 18.4 Å². The van der Waals surface area contributed by atoms with Crippen LogP contribution in [0.15, 0.2) is 53.4 Å². The number of rotatable bonds is 6. The van der Waals surface area contributed by atoms with Gasteiger partial charge < -0.3 is 10.1 Å². The Kier molecular flexibility index (Phi) is 5.96. The zero-order valence-corrected chi connectivity index (χ0v) is 16.1. The van der Waals surface area contributed by atoms with E-state index >= 15 is 0 Å². The van der Waals surface area contributed by atoms with E-state index in [0.717, 1.165) is 30.7 Å². The Bertz CT molecular complexity index is 826. The molecule has 0 aromatic heterocycles. The predicted octanol–water partition coefficient (Wildman–Crippen LogP) is 3.41. The summed E-state index contributed by atoms with van der Waals surface area (Å²) in [5.41, 5.74) is 1.11. The Balaban J connectivity index is 1.67. The van der Waals surface area contributed by atoms with Gasteiger partial charge in [0, 0.05) is 13.1 Å². The van der Waals surface area contributed by atoms with Crippen molar-refractivity contribution in [2.75, 3.05) is 26.7 Å². The van der Waals surface area contributed by atoms with Crippen LogP contribution in [-0.4, -0.2) is 39.4 Å². The lowest BCUT2D eigenvalue weighted by Crippen LogP contribution is -2.40. The molecular weight excluding hydrogens is 348 g/mol. The molecule has 1 saturated heterocycles. The van der Waals surface area contributed by atoms with Gasteiger partial charge in [0.05, 0.1) is 4.90 Å². The molecule has 1 heterocycles. The van der Waals surface area contributed by atoms with Crippen LogP contribution in [0.2, 0.25) is 0 Å². The number of benzene rings is 2. The number of aryl methyl sites for hydroxylation is 1. The second kappa shape index (κ2) is 8.20. The second-order valence-electron chi connectivity index (χ2n) is 6.80. The highest BCUT2D eigenvalue weighted by Gasteiger charge is 2.29. The second-order valence-corrected chi connectivity index (χ2v) is 8.73. The summed E-state index contributed by atoms with van der Waals surface area (Å²) >= 11 is 0. The molecule has 0 spiro atoms. The number of piperidine rings is 1. The smallest absolute Gasteiger partial charge is 0.243 e. The van der Waals surface area contributed by atoms with Crippen LogP contribution in [-0.2, 0) is 10.0 Å². The third-order valence-corrected chi connectivity index (χ3v) is 6.67. The third-order valence-electron chi connectivity index (χ3n) is 4.75. The minimum atomic E-state index is -3.44. The van der Waals surface area contributed by atoms with Gasteiger partial charge in [0.1, 0.15) is 11.5 Å². The molecule has 140 valence electrons. The molecule has 0 bridgehead atoms. The van der Waals surface area contributed by atoms with E-state index in [-0.39, 0.29) is 0 Å². The summed E-state index contributed by atoms with van der Waals surface area (Å²) in [4.78, 5) is 0.321. The number of ether oxygens (including phenoxy) is 1. The number of hydrogen-bond donors (Lipinski definition) is 1. The highest BCUT2D eigenvalue weighted by atomic mass is 32.2. The van der Waals surface area contributed by atoms with Crippen molar-refractivity contribution in [3.05, 3.63) is 54.1 Å². The molecule has 1 aliphatic heterocycles. The molecule has 0 atom stereocenters. The first kappa shape index (κ1) is 18.9. The summed E-state index contributed by atoms with van der Waals surface area (Å²) in [5, 5.41) is 3.17. The molecular formula is C20H26N2O3S. The maximum atomic E-state index is 12.8. The predicted molar refractivity (Wildman–Crippen MR) is 103 cm³/mol. The normalized spacial score (nSPS) is 16.5. The average molecular weight is 375 g/mol. The lowest BCUT2D eigenvalue weighted by atomic mass is 9.98. The molecule has 0 amide bonds. The molecule has 6 heteroatoms. The molecule has 5 nitrogen and oxygen atoms in total. The molecule has 1 fully saturated rings. The third kappa shape index (κ3) is 4.44. The minimum Gasteiger partial charge on any atom is -0.457 e. The van der Waals surface area contributed by atoms with Crippen molar-refractivity contribution in [1.82, 2.24) is 9.62 Å². The van der Waals surface area contributed by atoms with Crippen molar-refractivity contribution in [3.8, 4) is 11.5 Å². The molecule has 2 aromatic rings. The number of sulfonamides is 1. The van der Waals surface area contributed by atoms with Gasteiger partial charge in [-0.25, -0.2) is 8.42 Å². The van der Waals surface area contributed by atoms with E-state index in [2.05, 4.69) is 5.32 Å². The maximum absolute atomic E-state index is 12.8. The monoisotopic (exact) mass is 374 g/mol. The van der Waals surface area contributed by atoms with Crippen LogP contribution in [0.4, 0.5) is 0 Å². The summed E-state index contributed by atoms with van der Waals surface area (Å²) in [7, 11) is -1.51. The van der Waals surface area contributed by atoms with Crippen LogP contribution in [0.5, 0.6) is 11.5 Å². The van der Waals surface area contributed by atoms with Crippen molar-refractivity contribution in [3.63, 3.8) is 0 Å². The van der Waals surface area contributed by atoms with Gasteiger partial charge in [-0.15, -0.1) is 0 Å². The van der Waals surface area contributed by atoms with E-state index in [4.69, 9.17) is 4.74 Å². The molecule has 26 heavy (non-hydrogen) atoms. The Hall–Kier alpha value is -1.89. The number of hydrogen-bond acceptors (Lipinski definition) is 4. The highest BCUT2D eigenvalue weighted by molar-refractivity contribution is 7.89. The molecule has 3 rings (SSSR count). The van der Waals surface area contributed by atoms with Gasteiger partial charge in [-0.3, -0.25) is 0 Å². The Morgan fingerprint density at radius 1 is 1.08 bits per heavy atom. The van der Waals surface area contributed by atoms with Crippen molar-refractivity contribution in [2.45, 2.75) is 24.7 Å². The number of nitrogens with zero attached hydrogens (tertiary/aromatic N) is 1. The molecule has 1 aliphatic rings. The summed E-state index contributed by atoms with van der Waals surface area (Å²) in [6.07, 6.45) is 1.79. The quantitative estimate of drug-likeness (QED) is 0.842. The van der Waals surface area contributed by atoms with E-state index in [1.54, 1.807) is 28.6 Å². The zero-order chi connectivity index (χ0) is 18.6. The molecule has 1 N–H and O–H groups in total. The lowest BCUT2D eigenvalue weighted by Gasteiger charge is -2.31. The van der Waals surface area contributed by atoms with Gasteiger partial charge in [-0.1, -0.05) is 12.1 Å². The summed E-state index contributed by atoms with van der Waals surface area (Å²) < 4.78 is 33.1. The molecule has 2 aromatic carbocycles. The van der Waals surface area contributed by atoms with Crippen LogP contribution < -0.4 is 10.1 Å². The van der Waals surface area contributed by atoms with Crippen molar-refractivity contribution < 1.29 is 13.2 Å². The van der Waals surface area contributed by atoms with Crippen LogP contribution in [0.25, 0.3) is 0 Å². The van der Waals surface area contributed by atoms with Crippen molar-refractivity contribution in [2.24, 2.45) is 5.92 Å². The summed E-state index contributed by atoms with van der Waals surface area (Å²) in [5.74, 6) is 1.92. The van der Waals surface area contributed by atoms with Gasteiger partial charge in [-0.2, -0.15) is 4.31 Å². The SMILES string of the molecule is CNCC1CCN(S(=O)(=O)c2ccc(Oc3cccc(C)c3)cc2)CC1. The highest BCUT2D eigenvalue weighted by Crippen LogP contribution is 2.27. The van der Waals surface area contributed by atoms with E-state index in [0.29, 0.717) is 29.7 Å². The zero-order valence-electron chi connectivity index (χ0n) is 15.3. The van der Waals surface area contributed by atoms with E-state index in [1.165, 1.54) is 0 Å². The fourth-order valence-corrected chi connectivity index (χ4v) is 4.76. The molecule has 0 unspecified atom stereocenters. The summed E-state index contributed by atoms with van der Waals surface area (Å²) in [6.45, 7) is 4.10. The van der Waals surface area contributed by atoms with Gasteiger partial charge in [0.25, 0.3) is 0 Å². The van der Waals surface area contributed by atoms with Gasteiger partial charge in [0.2, 0.25) is 10.0 Å². The van der Waals surface area contributed by atoms with Crippen LogP contribution >= 0.6 is 0 Å². The molecule has 0 radical (unpaired) electrons. The number of nitrogens with one attached hydrogen (secondary N) is 1. The topological polar surface area (TPSA) is 58.6 Å². The van der Waals surface area contributed by atoms with Crippen molar-refractivity contribution >= 4 is 10.0 Å². The maximum Gasteiger partial charge on any atom is 0.243 e. The van der Waals surface area contributed by atoms with Gasteiger partial charge in [-0.05, 0) is 81.2 Å². The first-order chi connectivity index (χ1) is 12.5. The Morgan fingerprint density at radius 2 is 1.77 bits per heavy atom. The minimum absolute atomic E-state index is 0.321. The fourth-order valence-electron chi connectivity index (χ4n) is 3.29. The lowest BCUT2D eigenvalue weighted by molar-refractivity contribution is 0.270. The standard InChI is InChI=1S/C20H26N2O3S/c1-16-4-3-5-19(14-16)25-18-6-8-20(9-7-18)26(23,24)22-12-10-17(11-13-22)15-21-2/h3-9,14,17,21H,10-13,15H2,1-2H3. The molecule has 0 aliphatic carbocycles. The first-order valence-corrected chi connectivity index (χ1v) is 10.4.